The average Bonchev–Trinajstić information content (AvgIpc) is 3.10. The van der Waals surface area contributed by atoms with Crippen molar-refractivity contribution < 1.29 is 0 Å². The first-order chi connectivity index (χ1) is 10.9. The third-order valence-electron chi connectivity index (χ3n) is 4.51. The van der Waals surface area contributed by atoms with Gasteiger partial charge in [0.25, 0.3) is 0 Å². The fraction of sp³-hybridized carbons (Fsp3) is 0.333. The molecular formula is C18H20N4. The van der Waals surface area contributed by atoms with E-state index in [2.05, 4.69) is 51.5 Å². The van der Waals surface area contributed by atoms with Crippen molar-refractivity contribution in [3.8, 4) is 0 Å². The number of nitrogens with one attached hydrogen (secondary N) is 1. The SMILES string of the molecule is c1ccc2nc(CN3CCC[C@@H](c4ccn[nH]4)C3)ccc2c1. The van der Waals surface area contributed by atoms with Gasteiger partial charge >= 0.3 is 0 Å². The van der Waals surface area contributed by atoms with Crippen LogP contribution >= 0.6 is 0 Å². The van der Waals surface area contributed by atoms with Gasteiger partial charge in [0.05, 0.1) is 11.2 Å². The van der Waals surface area contributed by atoms with Crippen molar-refractivity contribution in [2.24, 2.45) is 0 Å². The van der Waals surface area contributed by atoms with E-state index < -0.39 is 0 Å². The number of aromatic amines is 1. The monoisotopic (exact) mass is 292 g/mol. The van der Waals surface area contributed by atoms with E-state index >= 15 is 0 Å². The van der Waals surface area contributed by atoms with Crippen molar-refractivity contribution in [2.75, 3.05) is 13.1 Å². The van der Waals surface area contributed by atoms with Gasteiger partial charge < -0.3 is 0 Å². The van der Waals surface area contributed by atoms with Gasteiger partial charge in [-0.2, -0.15) is 5.10 Å². The fourth-order valence-corrected chi connectivity index (χ4v) is 3.37. The molecule has 0 aliphatic carbocycles. The zero-order chi connectivity index (χ0) is 14.8. The maximum Gasteiger partial charge on any atom is 0.0705 e. The van der Waals surface area contributed by atoms with E-state index in [1.807, 2.05) is 12.3 Å². The highest BCUT2D eigenvalue weighted by atomic mass is 15.2. The number of pyridine rings is 1. The summed E-state index contributed by atoms with van der Waals surface area (Å²) in [5.41, 5.74) is 3.50. The number of aromatic nitrogens is 3. The largest absolute Gasteiger partial charge is 0.297 e. The topological polar surface area (TPSA) is 44.8 Å². The number of hydrogen-bond acceptors (Lipinski definition) is 3. The molecule has 3 heterocycles. The smallest absolute Gasteiger partial charge is 0.0705 e. The van der Waals surface area contributed by atoms with Crippen LogP contribution in [-0.4, -0.2) is 33.2 Å². The van der Waals surface area contributed by atoms with Gasteiger partial charge in [0, 0.05) is 36.3 Å². The summed E-state index contributed by atoms with van der Waals surface area (Å²) in [6.45, 7) is 3.16. The Hall–Kier alpha value is -2.20. The third-order valence-corrected chi connectivity index (χ3v) is 4.51. The molecule has 3 aromatic rings. The maximum atomic E-state index is 4.80. The normalized spacial score (nSPS) is 19.5. The summed E-state index contributed by atoms with van der Waals surface area (Å²) in [5, 5.41) is 8.42. The summed E-state index contributed by atoms with van der Waals surface area (Å²) in [4.78, 5) is 7.30. The lowest BCUT2D eigenvalue weighted by Gasteiger charge is -2.31. The Labute approximate surface area is 130 Å². The minimum atomic E-state index is 0.566. The number of benzene rings is 1. The van der Waals surface area contributed by atoms with E-state index in [0.29, 0.717) is 5.92 Å². The molecule has 112 valence electrons. The summed E-state index contributed by atoms with van der Waals surface area (Å²) >= 11 is 0. The molecule has 0 amide bonds. The zero-order valence-corrected chi connectivity index (χ0v) is 12.6. The molecule has 0 saturated carbocycles. The highest BCUT2D eigenvalue weighted by Gasteiger charge is 2.22. The molecule has 0 bridgehead atoms. The highest BCUT2D eigenvalue weighted by molar-refractivity contribution is 5.78. The molecule has 22 heavy (non-hydrogen) atoms. The second-order valence-electron chi connectivity index (χ2n) is 6.08. The van der Waals surface area contributed by atoms with Crippen LogP contribution in [0.25, 0.3) is 10.9 Å². The number of rotatable bonds is 3. The van der Waals surface area contributed by atoms with Gasteiger partial charge in [-0.25, -0.2) is 0 Å². The molecule has 1 aliphatic heterocycles. The molecule has 0 unspecified atom stereocenters. The molecule has 1 fully saturated rings. The number of fused-ring (bicyclic) bond motifs is 1. The van der Waals surface area contributed by atoms with E-state index in [-0.39, 0.29) is 0 Å². The molecule has 1 aromatic carbocycles. The van der Waals surface area contributed by atoms with Crippen LogP contribution in [0.3, 0.4) is 0 Å². The molecule has 1 saturated heterocycles. The quantitative estimate of drug-likeness (QED) is 0.805. The second-order valence-corrected chi connectivity index (χ2v) is 6.08. The summed E-state index contributed by atoms with van der Waals surface area (Å²) in [5.74, 6) is 0.566. The van der Waals surface area contributed by atoms with Gasteiger partial charge in [-0.15, -0.1) is 0 Å². The molecule has 1 atom stereocenters. The van der Waals surface area contributed by atoms with Crippen LogP contribution < -0.4 is 0 Å². The summed E-state index contributed by atoms with van der Waals surface area (Å²) < 4.78 is 0. The Morgan fingerprint density at radius 1 is 1.14 bits per heavy atom. The molecule has 1 N–H and O–H groups in total. The summed E-state index contributed by atoms with van der Waals surface area (Å²) in [7, 11) is 0. The van der Waals surface area contributed by atoms with Gasteiger partial charge in [0.15, 0.2) is 0 Å². The average molecular weight is 292 g/mol. The maximum absolute atomic E-state index is 4.80. The standard InChI is InChI=1S/C18H20N4/c1-2-6-17-14(4-1)7-8-16(20-17)13-22-11-3-5-15(12-22)18-9-10-19-21-18/h1-2,4,6-10,15H,3,5,11-13H2,(H,19,21)/t15-/m1/s1. The van der Waals surface area contributed by atoms with Crippen LogP contribution in [0.1, 0.15) is 30.1 Å². The van der Waals surface area contributed by atoms with Gasteiger partial charge in [0.1, 0.15) is 0 Å². The summed E-state index contributed by atoms with van der Waals surface area (Å²) in [6, 6.07) is 14.7. The number of piperidine rings is 1. The predicted molar refractivity (Wildman–Crippen MR) is 87.6 cm³/mol. The molecule has 4 heteroatoms. The lowest BCUT2D eigenvalue weighted by atomic mass is 9.95. The predicted octanol–water partition coefficient (Wildman–Crippen LogP) is 3.34. The van der Waals surface area contributed by atoms with Crippen LogP contribution in [0.5, 0.6) is 0 Å². The molecule has 4 rings (SSSR count). The van der Waals surface area contributed by atoms with Crippen molar-refractivity contribution >= 4 is 10.9 Å². The number of nitrogens with zero attached hydrogens (tertiary/aromatic N) is 3. The fourth-order valence-electron chi connectivity index (χ4n) is 3.37. The molecule has 4 nitrogen and oxygen atoms in total. The number of likely N-dealkylation sites (tertiary alicyclic amines) is 1. The molecule has 2 aromatic heterocycles. The van der Waals surface area contributed by atoms with E-state index in [4.69, 9.17) is 4.98 Å². The first-order valence-electron chi connectivity index (χ1n) is 7.95. The van der Waals surface area contributed by atoms with Crippen LogP contribution in [0.15, 0.2) is 48.7 Å². The number of hydrogen-bond donors (Lipinski definition) is 1. The first-order valence-corrected chi connectivity index (χ1v) is 7.95. The minimum absolute atomic E-state index is 0.566. The molecular weight excluding hydrogens is 272 g/mol. The Bertz CT molecular complexity index is 751. The van der Waals surface area contributed by atoms with Crippen LogP contribution in [0.2, 0.25) is 0 Å². The van der Waals surface area contributed by atoms with Crippen LogP contribution in [0, 0.1) is 0 Å². The minimum Gasteiger partial charge on any atom is -0.297 e. The number of H-pyrrole nitrogens is 1. The van der Waals surface area contributed by atoms with E-state index in [9.17, 15) is 0 Å². The Kier molecular flexibility index (Phi) is 3.60. The van der Waals surface area contributed by atoms with Crippen molar-refractivity contribution in [2.45, 2.75) is 25.3 Å². The van der Waals surface area contributed by atoms with Crippen molar-refractivity contribution in [1.29, 1.82) is 0 Å². The Morgan fingerprint density at radius 2 is 2.09 bits per heavy atom. The first kappa shape index (κ1) is 13.5. The van der Waals surface area contributed by atoms with Gasteiger partial charge in [0.2, 0.25) is 0 Å². The van der Waals surface area contributed by atoms with Gasteiger partial charge in [-0.05, 0) is 37.6 Å². The Balaban J connectivity index is 1.49. The highest BCUT2D eigenvalue weighted by Crippen LogP contribution is 2.26. The second kappa shape index (κ2) is 5.89. The van der Waals surface area contributed by atoms with Crippen LogP contribution in [0.4, 0.5) is 0 Å². The summed E-state index contributed by atoms with van der Waals surface area (Å²) in [6.07, 6.45) is 4.32. The van der Waals surface area contributed by atoms with Crippen molar-refractivity contribution in [3.05, 3.63) is 60.0 Å². The van der Waals surface area contributed by atoms with E-state index in [1.54, 1.807) is 0 Å². The number of para-hydroxylation sites is 1. The van der Waals surface area contributed by atoms with Gasteiger partial charge in [-0.3, -0.25) is 15.0 Å². The molecule has 0 spiro atoms. The van der Waals surface area contributed by atoms with Gasteiger partial charge in [-0.1, -0.05) is 24.3 Å². The van der Waals surface area contributed by atoms with Crippen LogP contribution in [-0.2, 0) is 6.54 Å². The third kappa shape index (κ3) is 2.74. The van der Waals surface area contributed by atoms with E-state index in [0.717, 1.165) is 30.8 Å². The molecule has 1 aliphatic rings. The van der Waals surface area contributed by atoms with Crippen molar-refractivity contribution in [3.63, 3.8) is 0 Å². The molecule has 0 radical (unpaired) electrons. The van der Waals surface area contributed by atoms with Crippen molar-refractivity contribution in [1.82, 2.24) is 20.1 Å². The lowest BCUT2D eigenvalue weighted by molar-refractivity contribution is 0.196. The lowest BCUT2D eigenvalue weighted by Crippen LogP contribution is -2.34. The van der Waals surface area contributed by atoms with E-state index in [1.165, 1.54) is 23.9 Å². The Morgan fingerprint density at radius 3 is 3.00 bits per heavy atom. The zero-order valence-electron chi connectivity index (χ0n) is 12.6.